The van der Waals surface area contributed by atoms with Crippen LogP contribution in [0.15, 0.2) is 48.8 Å². The maximum atomic E-state index is 13.0. The lowest BCUT2D eigenvalue weighted by Gasteiger charge is -2.56. The van der Waals surface area contributed by atoms with Crippen LogP contribution >= 0.6 is 0 Å². The van der Waals surface area contributed by atoms with Gasteiger partial charge in [-0.15, -0.1) is 0 Å². The minimum Gasteiger partial charge on any atom is -0.497 e. The van der Waals surface area contributed by atoms with E-state index in [0.29, 0.717) is 17.9 Å². The van der Waals surface area contributed by atoms with Gasteiger partial charge in [0.25, 0.3) is 5.91 Å². The number of aliphatic hydroxyl groups excluding tert-OH is 1. The Hall–Kier alpha value is -2.93. The first-order valence-electron chi connectivity index (χ1n) is 13.0. The number of amides is 2. The standard InChI is InChI=1S/C29H39N3O4/c1-18(27(34)31-17-20-6-5-15-30-16-20)23-11-13-29(3)14-12-24(19(2)25(29)26(23)33)32-28(35)21-7-9-22(36-4)10-8-21/h5-10,15-16,18-19,23-26,33H,11-14,17H2,1-4H3,(H,31,34)(H,32,35)/t18-,19+,23+,24-,25+,26-,29-/m0/s1. The Kier molecular flexibility index (Phi) is 7.98. The average Bonchev–Trinajstić information content (AvgIpc) is 2.89. The Morgan fingerprint density at radius 3 is 2.58 bits per heavy atom. The number of ether oxygens (including phenoxy) is 1. The monoisotopic (exact) mass is 493 g/mol. The predicted molar refractivity (Wildman–Crippen MR) is 138 cm³/mol. The van der Waals surface area contributed by atoms with E-state index >= 15 is 0 Å². The van der Waals surface area contributed by atoms with Crippen LogP contribution in [0.25, 0.3) is 0 Å². The molecule has 0 unspecified atom stereocenters. The molecule has 2 aliphatic carbocycles. The molecule has 7 atom stereocenters. The Morgan fingerprint density at radius 2 is 1.92 bits per heavy atom. The minimum absolute atomic E-state index is 0.00256. The molecule has 0 bridgehead atoms. The molecule has 2 fully saturated rings. The van der Waals surface area contributed by atoms with Crippen molar-refractivity contribution in [3.63, 3.8) is 0 Å². The van der Waals surface area contributed by atoms with Crippen LogP contribution in [0.5, 0.6) is 5.75 Å². The summed E-state index contributed by atoms with van der Waals surface area (Å²) >= 11 is 0. The molecule has 2 saturated carbocycles. The molecule has 36 heavy (non-hydrogen) atoms. The third kappa shape index (κ3) is 5.41. The van der Waals surface area contributed by atoms with Gasteiger partial charge in [0.15, 0.2) is 0 Å². The summed E-state index contributed by atoms with van der Waals surface area (Å²) in [4.78, 5) is 30.0. The van der Waals surface area contributed by atoms with Crippen LogP contribution in [0, 0.1) is 29.1 Å². The van der Waals surface area contributed by atoms with E-state index in [1.165, 1.54) is 0 Å². The molecule has 4 rings (SSSR count). The summed E-state index contributed by atoms with van der Waals surface area (Å²) in [6, 6.07) is 10.9. The van der Waals surface area contributed by atoms with Crippen molar-refractivity contribution in [3.05, 3.63) is 59.9 Å². The molecule has 2 aromatic rings. The molecular weight excluding hydrogens is 454 g/mol. The molecule has 7 nitrogen and oxygen atoms in total. The highest BCUT2D eigenvalue weighted by molar-refractivity contribution is 5.94. The molecule has 3 N–H and O–H groups in total. The van der Waals surface area contributed by atoms with E-state index in [-0.39, 0.29) is 46.9 Å². The summed E-state index contributed by atoms with van der Waals surface area (Å²) in [5.74, 6) is 0.248. The molecule has 2 amide bonds. The fourth-order valence-electron chi connectivity index (χ4n) is 6.54. The topological polar surface area (TPSA) is 101 Å². The molecular formula is C29H39N3O4. The van der Waals surface area contributed by atoms with Crippen molar-refractivity contribution in [2.24, 2.45) is 29.1 Å². The van der Waals surface area contributed by atoms with Gasteiger partial charge < -0.3 is 20.5 Å². The van der Waals surface area contributed by atoms with E-state index in [1.807, 2.05) is 19.1 Å². The number of nitrogens with zero attached hydrogens (tertiary/aromatic N) is 1. The van der Waals surface area contributed by atoms with Crippen LogP contribution in [-0.2, 0) is 11.3 Å². The Labute approximate surface area is 214 Å². The Bertz CT molecular complexity index is 1040. The van der Waals surface area contributed by atoms with E-state index < -0.39 is 6.10 Å². The van der Waals surface area contributed by atoms with Crippen LogP contribution in [-0.4, -0.2) is 41.2 Å². The zero-order valence-corrected chi connectivity index (χ0v) is 21.7. The van der Waals surface area contributed by atoms with Crippen molar-refractivity contribution in [2.75, 3.05) is 7.11 Å². The summed E-state index contributed by atoms with van der Waals surface area (Å²) in [5, 5.41) is 17.9. The van der Waals surface area contributed by atoms with Gasteiger partial charge in [0.2, 0.25) is 5.91 Å². The van der Waals surface area contributed by atoms with Crippen LogP contribution in [0.2, 0.25) is 0 Å². The van der Waals surface area contributed by atoms with Crippen molar-refractivity contribution >= 4 is 11.8 Å². The van der Waals surface area contributed by atoms with E-state index in [0.717, 1.165) is 31.2 Å². The lowest BCUT2D eigenvalue weighted by molar-refractivity contribution is -0.142. The highest BCUT2D eigenvalue weighted by atomic mass is 16.5. The fraction of sp³-hybridized carbons (Fsp3) is 0.552. The van der Waals surface area contributed by atoms with Crippen LogP contribution in [0.1, 0.15) is 62.4 Å². The van der Waals surface area contributed by atoms with Gasteiger partial charge >= 0.3 is 0 Å². The number of hydrogen-bond donors (Lipinski definition) is 3. The smallest absolute Gasteiger partial charge is 0.251 e. The molecule has 7 heteroatoms. The molecule has 1 aromatic carbocycles. The average molecular weight is 494 g/mol. The third-order valence-corrected chi connectivity index (χ3v) is 8.80. The van der Waals surface area contributed by atoms with E-state index in [4.69, 9.17) is 4.74 Å². The van der Waals surface area contributed by atoms with Gasteiger partial charge in [0, 0.05) is 36.5 Å². The Balaban J connectivity index is 1.41. The zero-order valence-electron chi connectivity index (χ0n) is 21.7. The van der Waals surface area contributed by atoms with Gasteiger partial charge in [0.1, 0.15) is 5.75 Å². The van der Waals surface area contributed by atoms with E-state index in [9.17, 15) is 14.7 Å². The molecule has 0 saturated heterocycles. The number of aliphatic hydroxyl groups is 1. The first kappa shape index (κ1) is 26.1. The number of carbonyl (C=O) groups excluding carboxylic acids is 2. The van der Waals surface area contributed by atoms with Gasteiger partial charge in [0.05, 0.1) is 13.2 Å². The van der Waals surface area contributed by atoms with Crippen molar-refractivity contribution in [3.8, 4) is 5.75 Å². The second kappa shape index (κ2) is 11.0. The first-order chi connectivity index (χ1) is 17.2. The molecule has 194 valence electrons. The lowest BCUT2D eigenvalue weighted by Crippen LogP contribution is -2.58. The van der Waals surface area contributed by atoms with E-state index in [1.54, 1.807) is 43.8 Å². The lowest BCUT2D eigenvalue weighted by atomic mass is 9.51. The molecule has 0 radical (unpaired) electrons. The molecule has 1 aromatic heterocycles. The molecule has 1 heterocycles. The van der Waals surface area contributed by atoms with Crippen LogP contribution < -0.4 is 15.4 Å². The molecule has 2 aliphatic rings. The number of pyridine rings is 1. The number of aromatic nitrogens is 1. The summed E-state index contributed by atoms with van der Waals surface area (Å²) in [6.45, 7) is 6.75. The quantitative estimate of drug-likeness (QED) is 0.542. The highest BCUT2D eigenvalue weighted by Crippen LogP contribution is 2.55. The maximum absolute atomic E-state index is 13.0. The second-order valence-corrected chi connectivity index (χ2v) is 10.9. The van der Waals surface area contributed by atoms with Crippen molar-refractivity contribution in [1.29, 1.82) is 0 Å². The number of benzene rings is 1. The number of nitrogens with one attached hydrogen (secondary N) is 2. The second-order valence-electron chi connectivity index (χ2n) is 10.9. The van der Waals surface area contributed by atoms with Gasteiger partial charge in [-0.05, 0) is 84.7 Å². The fourth-order valence-corrected chi connectivity index (χ4v) is 6.54. The largest absolute Gasteiger partial charge is 0.497 e. The Morgan fingerprint density at radius 1 is 1.19 bits per heavy atom. The van der Waals surface area contributed by atoms with Gasteiger partial charge in [-0.2, -0.15) is 0 Å². The third-order valence-electron chi connectivity index (χ3n) is 8.80. The normalized spacial score (nSPS) is 30.5. The number of hydrogen-bond acceptors (Lipinski definition) is 5. The molecule has 0 spiro atoms. The number of methoxy groups -OCH3 is 1. The van der Waals surface area contributed by atoms with Crippen molar-refractivity contribution in [2.45, 2.75) is 65.1 Å². The van der Waals surface area contributed by atoms with Gasteiger partial charge in [-0.25, -0.2) is 0 Å². The number of rotatable bonds is 7. The van der Waals surface area contributed by atoms with Crippen molar-refractivity contribution < 1.29 is 19.4 Å². The summed E-state index contributed by atoms with van der Waals surface area (Å²) < 4.78 is 5.19. The molecule has 0 aliphatic heterocycles. The van der Waals surface area contributed by atoms with Gasteiger partial charge in [-0.3, -0.25) is 14.6 Å². The number of fused-ring (bicyclic) bond motifs is 1. The highest BCUT2D eigenvalue weighted by Gasteiger charge is 2.53. The summed E-state index contributed by atoms with van der Waals surface area (Å²) in [5.41, 5.74) is 1.55. The zero-order chi connectivity index (χ0) is 25.9. The number of carbonyl (C=O) groups is 2. The van der Waals surface area contributed by atoms with Crippen LogP contribution in [0.4, 0.5) is 0 Å². The summed E-state index contributed by atoms with van der Waals surface area (Å²) in [6.07, 6.45) is 6.49. The van der Waals surface area contributed by atoms with Gasteiger partial charge in [-0.1, -0.05) is 26.8 Å². The van der Waals surface area contributed by atoms with Crippen molar-refractivity contribution in [1.82, 2.24) is 15.6 Å². The minimum atomic E-state index is -0.599. The maximum Gasteiger partial charge on any atom is 0.251 e. The van der Waals surface area contributed by atoms with E-state index in [2.05, 4.69) is 29.5 Å². The predicted octanol–water partition coefficient (Wildman–Crippen LogP) is 3.96. The summed E-state index contributed by atoms with van der Waals surface area (Å²) in [7, 11) is 1.60. The van der Waals surface area contributed by atoms with Crippen LogP contribution in [0.3, 0.4) is 0 Å². The first-order valence-corrected chi connectivity index (χ1v) is 13.0. The SMILES string of the molecule is COc1ccc(C(=O)N[C@H]2CC[C@]3(C)CC[C@H]([C@H](C)C(=O)NCc4cccnc4)[C@H](O)[C@H]3[C@@H]2C)cc1.